The highest BCUT2D eigenvalue weighted by Gasteiger charge is 2.83. The predicted octanol–water partition coefficient (Wildman–Crippen LogP) is 3.66. The summed E-state index contributed by atoms with van der Waals surface area (Å²) in [6.45, 7) is 15.9. The lowest BCUT2D eigenvalue weighted by Crippen LogP contribution is -2.60. The van der Waals surface area contributed by atoms with E-state index in [0.29, 0.717) is 12.8 Å². The molecule has 0 aromatic rings. The maximum absolute atomic E-state index is 14.2. The van der Waals surface area contributed by atoms with Gasteiger partial charge < -0.3 is 34.3 Å². The van der Waals surface area contributed by atoms with Crippen LogP contribution in [0, 0.1) is 44.8 Å². The van der Waals surface area contributed by atoms with Crippen molar-refractivity contribution < 1.29 is 48.7 Å². The first-order valence-corrected chi connectivity index (χ1v) is 17.7. The van der Waals surface area contributed by atoms with Crippen LogP contribution < -0.4 is 0 Å². The summed E-state index contributed by atoms with van der Waals surface area (Å²) in [5, 5.41) is 30.8. The standard InChI is InChI=1S/C37H54O10/c1-18(13-20(39)30-33(5,6)47-30)27-21(40)14-34(7)24-10-9-23-32(3,4)25(46-31-29(43)28(42)22(41)16-44-31)11-12-36(23)17-37(24,36)15-26(35(27,34)8)45-19(2)38/h10,18,22-23,25-31,41-43H,9,11-17H2,1-8H3/t18-,22+,23?,25+,26-,27+,28+,29-,30+,31+,34+,35-,36-,37+/m1/s1. The van der Waals surface area contributed by atoms with Gasteiger partial charge in [-0.1, -0.05) is 46.3 Å². The lowest BCUT2D eigenvalue weighted by atomic mass is 9.44. The predicted molar refractivity (Wildman–Crippen MR) is 169 cm³/mol. The minimum absolute atomic E-state index is 0.0303. The Kier molecular flexibility index (Phi) is 7.49. The first-order valence-electron chi connectivity index (χ1n) is 17.7. The number of ketones is 2. The number of rotatable bonds is 7. The van der Waals surface area contributed by atoms with E-state index in [1.54, 1.807) is 0 Å². The van der Waals surface area contributed by atoms with Crippen molar-refractivity contribution in [3.63, 3.8) is 0 Å². The van der Waals surface area contributed by atoms with E-state index in [-0.39, 0.29) is 64.7 Å². The van der Waals surface area contributed by atoms with E-state index in [4.69, 9.17) is 18.9 Å². The molecule has 7 rings (SSSR count). The lowest BCUT2D eigenvalue weighted by molar-refractivity contribution is -0.300. The molecule has 3 N–H and O–H groups in total. The first-order chi connectivity index (χ1) is 21.8. The van der Waals surface area contributed by atoms with E-state index >= 15 is 0 Å². The lowest BCUT2D eigenvalue weighted by Gasteiger charge is -2.61. The van der Waals surface area contributed by atoms with E-state index in [1.165, 1.54) is 12.5 Å². The molecule has 5 aliphatic carbocycles. The van der Waals surface area contributed by atoms with Gasteiger partial charge in [0.15, 0.2) is 12.1 Å². The van der Waals surface area contributed by atoms with Crippen LogP contribution in [0.4, 0.5) is 0 Å². The maximum Gasteiger partial charge on any atom is 0.302 e. The zero-order valence-electron chi connectivity index (χ0n) is 29.2. The minimum Gasteiger partial charge on any atom is -0.462 e. The molecule has 0 amide bonds. The van der Waals surface area contributed by atoms with Crippen molar-refractivity contribution in [2.24, 2.45) is 44.8 Å². The van der Waals surface area contributed by atoms with Crippen molar-refractivity contribution in [3.8, 4) is 0 Å². The fourth-order valence-electron chi connectivity index (χ4n) is 12.3. The molecule has 4 saturated carbocycles. The fraction of sp³-hybridized carbons (Fsp3) is 0.865. The van der Waals surface area contributed by atoms with Gasteiger partial charge in [-0.05, 0) is 68.6 Å². The molecule has 2 spiro atoms. The zero-order valence-corrected chi connectivity index (χ0v) is 29.2. The average molecular weight is 659 g/mol. The molecule has 7 aliphatic rings. The Morgan fingerprint density at radius 3 is 2.38 bits per heavy atom. The molecule has 0 aromatic heterocycles. The van der Waals surface area contributed by atoms with Crippen molar-refractivity contribution in [3.05, 3.63) is 11.6 Å². The van der Waals surface area contributed by atoms with Gasteiger partial charge in [0.2, 0.25) is 0 Å². The number of carbonyl (C=O) groups excluding carboxylic acids is 3. The van der Waals surface area contributed by atoms with Gasteiger partial charge in [-0.15, -0.1) is 0 Å². The molecule has 14 atom stereocenters. The van der Waals surface area contributed by atoms with Gasteiger partial charge in [0.05, 0.1) is 18.3 Å². The summed E-state index contributed by atoms with van der Waals surface area (Å²) in [7, 11) is 0. The number of Topliss-reactive ketones (excluding diaryl/α,β-unsaturated/α-hetero) is 2. The van der Waals surface area contributed by atoms with E-state index < -0.39 is 59.2 Å². The van der Waals surface area contributed by atoms with Gasteiger partial charge in [-0.2, -0.15) is 0 Å². The number of carbonyl (C=O) groups is 3. The van der Waals surface area contributed by atoms with Crippen LogP contribution >= 0.6 is 0 Å². The molecule has 2 heterocycles. The SMILES string of the molecule is CC(=O)O[C@@H]1C[C@@]23C[C@@]24CC[C@H](O[C@@H]2OC[C@H](O)[C@H](O)[C@H]2O)C(C)(C)C4CC=C3[C@]2(C)CC(=O)[C@H]([C@H](C)CC(=O)[C@@H]3OC3(C)C)[C@@]12C. The highest BCUT2D eigenvalue weighted by molar-refractivity contribution is 5.90. The summed E-state index contributed by atoms with van der Waals surface area (Å²) >= 11 is 0. The van der Waals surface area contributed by atoms with Gasteiger partial charge in [-0.3, -0.25) is 14.4 Å². The van der Waals surface area contributed by atoms with Gasteiger partial charge >= 0.3 is 5.97 Å². The number of esters is 1. The normalized spacial score (nSPS) is 51.0. The summed E-state index contributed by atoms with van der Waals surface area (Å²) < 4.78 is 24.0. The highest BCUT2D eigenvalue weighted by atomic mass is 16.7. The second-order valence-electron chi connectivity index (χ2n) is 17.8. The minimum atomic E-state index is -1.34. The summed E-state index contributed by atoms with van der Waals surface area (Å²) in [5.74, 6) is -0.579. The molecule has 10 heteroatoms. The van der Waals surface area contributed by atoms with Gasteiger partial charge in [0.1, 0.15) is 36.3 Å². The van der Waals surface area contributed by atoms with Crippen molar-refractivity contribution >= 4 is 17.5 Å². The van der Waals surface area contributed by atoms with E-state index in [9.17, 15) is 29.7 Å². The molecule has 1 unspecified atom stereocenters. The largest absolute Gasteiger partial charge is 0.462 e. The number of allylic oxidation sites excluding steroid dienone is 2. The Balaban J connectivity index is 1.20. The Hall–Kier alpha value is -1.69. The van der Waals surface area contributed by atoms with Crippen LogP contribution in [0.2, 0.25) is 0 Å². The van der Waals surface area contributed by atoms with Crippen molar-refractivity contribution in [2.45, 2.75) is 149 Å². The van der Waals surface area contributed by atoms with Gasteiger partial charge in [0.25, 0.3) is 0 Å². The molecule has 0 radical (unpaired) electrons. The van der Waals surface area contributed by atoms with Crippen LogP contribution in [0.1, 0.15) is 100 Å². The van der Waals surface area contributed by atoms with E-state index in [2.05, 4.69) is 33.8 Å². The van der Waals surface area contributed by atoms with Crippen LogP contribution in [-0.4, -0.2) is 88.0 Å². The van der Waals surface area contributed by atoms with Crippen molar-refractivity contribution in [1.82, 2.24) is 0 Å². The number of hydrogen-bond acceptors (Lipinski definition) is 10. The Bertz CT molecular complexity index is 1400. The molecule has 262 valence electrons. The number of fused-ring (bicyclic) bond motifs is 2. The maximum atomic E-state index is 14.2. The summed E-state index contributed by atoms with van der Waals surface area (Å²) in [4.78, 5) is 40.2. The van der Waals surface area contributed by atoms with Crippen molar-refractivity contribution in [1.29, 1.82) is 0 Å². The number of aliphatic hydroxyl groups is 3. The third-order valence-electron chi connectivity index (χ3n) is 14.7. The molecule has 6 fully saturated rings. The zero-order chi connectivity index (χ0) is 34.3. The summed E-state index contributed by atoms with van der Waals surface area (Å²) in [6.07, 6.45) is 1.06. The van der Waals surface area contributed by atoms with Crippen molar-refractivity contribution in [2.75, 3.05) is 6.61 Å². The highest BCUT2D eigenvalue weighted by Crippen LogP contribution is 2.88. The van der Waals surface area contributed by atoms with E-state index in [0.717, 1.165) is 25.7 Å². The summed E-state index contributed by atoms with van der Waals surface area (Å²) in [5.41, 5.74) is -0.862. The second-order valence-corrected chi connectivity index (χ2v) is 17.8. The third-order valence-corrected chi connectivity index (χ3v) is 14.7. The topological polar surface area (TPSA) is 152 Å². The van der Waals surface area contributed by atoms with Crippen LogP contribution in [0.3, 0.4) is 0 Å². The molecular weight excluding hydrogens is 604 g/mol. The molecule has 10 nitrogen and oxygen atoms in total. The Labute approximate surface area is 277 Å². The smallest absolute Gasteiger partial charge is 0.302 e. The van der Waals surface area contributed by atoms with Crippen LogP contribution in [0.5, 0.6) is 0 Å². The van der Waals surface area contributed by atoms with Crippen LogP contribution in [-0.2, 0) is 33.3 Å². The monoisotopic (exact) mass is 658 g/mol. The molecular formula is C37H54O10. The number of hydrogen-bond donors (Lipinski definition) is 3. The third kappa shape index (κ3) is 4.46. The number of ether oxygens (including phenoxy) is 4. The number of epoxide rings is 1. The average Bonchev–Trinajstić information content (AvgIpc) is 3.80. The number of aliphatic hydroxyl groups excluding tert-OH is 3. The Morgan fingerprint density at radius 1 is 1.06 bits per heavy atom. The summed E-state index contributed by atoms with van der Waals surface area (Å²) in [6, 6.07) is 0. The first kappa shape index (κ1) is 33.8. The molecule has 2 saturated heterocycles. The molecule has 47 heavy (non-hydrogen) atoms. The van der Waals surface area contributed by atoms with Crippen LogP contribution in [0.15, 0.2) is 11.6 Å². The quantitative estimate of drug-likeness (QED) is 0.210. The molecule has 2 aliphatic heterocycles. The second kappa shape index (κ2) is 10.4. The van der Waals surface area contributed by atoms with Gasteiger partial charge in [-0.25, -0.2) is 0 Å². The van der Waals surface area contributed by atoms with E-state index in [1.807, 2.05) is 20.8 Å². The Morgan fingerprint density at radius 2 is 1.74 bits per heavy atom. The molecule has 0 bridgehead atoms. The van der Waals surface area contributed by atoms with Gasteiger partial charge in [0, 0.05) is 41.9 Å². The molecule has 0 aromatic carbocycles. The fourth-order valence-corrected chi connectivity index (χ4v) is 12.3. The van der Waals surface area contributed by atoms with Crippen LogP contribution in [0.25, 0.3) is 0 Å².